The van der Waals surface area contributed by atoms with Crippen LogP contribution in [0, 0.1) is 5.82 Å². The number of halogens is 3. The second-order valence-corrected chi connectivity index (χ2v) is 8.90. The van der Waals surface area contributed by atoms with Crippen molar-refractivity contribution in [2.45, 2.75) is 31.9 Å². The molecule has 0 spiro atoms. The van der Waals surface area contributed by atoms with Crippen LogP contribution in [0.2, 0.25) is 0 Å². The minimum absolute atomic E-state index is 0. The molecule has 35 heavy (non-hydrogen) atoms. The maximum Gasteiger partial charge on any atom is 0.258 e. The molecule has 4 aromatic rings. The summed E-state index contributed by atoms with van der Waals surface area (Å²) in [5.74, 6) is 0.0667. The van der Waals surface area contributed by atoms with Crippen LogP contribution in [0.1, 0.15) is 35.8 Å². The molecule has 1 aromatic carbocycles. The van der Waals surface area contributed by atoms with Gasteiger partial charge in [-0.15, -0.1) is 24.8 Å². The number of aromatic nitrogens is 3. The summed E-state index contributed by atoms with van der Waals surface area (Å²) in [5, 5.41) is 1.29. The summed E-state index contributed by atoms with van der Waals surface area (Å²) < 4.78 is 22.6. The van der Waals surface area contributed by atoms with E-state index in [1.54, 1.807) is 22.9 Å². The van der Waals surface area contributed by atoms with Gasteiger partial charge >= 0.3 is 0 Å². The van der Waals surface area contributed by atoms with E-state index in [1.807, 2.05) is 6.07 Å². The number of ether oxygens (including phenoxy) is 1. The zero-order chi connectivity index (χ0) is 22.5. The van der Waals surface area contributed by atoms with Crippen LogP contribution in [0.5, 0.6) is 5.75 Å². The molecular weight excluding hydrogens is 490 g/mol. The standard InChI is InChI=1S/C26H25FN4O2.2ClH/c1-29-24-13-19(6-7-21(24)22-9-11-30-10-2-3-23(30)26(22)29)31-12-8-20(14-25(31)32)33-16-18-5-4-17(27)15-28-18;;/h4-8,12-15,23H,2-3,9-11,16H2,1H3;2*1H. The molecule has 3 aromatic heterocycles. The second kappa shape index (κ2) is 10.0. The van der Waals surface area contributed by atoms with Crippen molar-refractivity contribution >= 4 is 35.7 Å². The van der Waals surface area contributed by atoms with E-state index < -0.39 is 5.82 Å². The lowest BCUT2D eigenvalue weighted by atomic mass is 9.97. The van der Waals surface area contributed by atoms with Gasteiger partial charge in [0.2, 0.25) is 0 Å². The number of benzene rings is 1. The Morgan fingerprint density at radius 1 is 1.11 bits per heavy atom. The van der Waals surface area contributed by atoms with Gasteiger partial charge in [0.05, 0.1) is 29.1 Å². The van der Waals surface area contributed by atoms with Crippen LogP contribution in [0.15, 0.2) is 59.7 Å². The highest BCUT2D eigenvalue weighted by Crippen LogP contribution is 2.41. The summed E-state index contributed by atoms with van der Waals surface area (Å²) in [4.78, 5) is 19.4. The summed E-state index contributed by atoms with van der Waals surface area (Å²) in [6, 6.07) is 12.9. The topological polar surface area (TPSA) is 52.3 Å². The van der Waals surface area contributed by atoms with Crippen LogP contribution in [0.3, 0.4) is 0 Å². The van der Waals surface area contributed by atoms with Crippen LogP contribution in [0.4, 0.5) is 4.39 Å². The van der Waals surface area contributed by atoms with E-state index in [2.05, 4.69) is 33.6 Å². The van der Waals surface area contributed by atoms with Gasteiger partial charge in [-0.05, 0) is 61.7 Å². The van der Waals surface area contributed by atoms with Gasteiger partial charge in [-0.25, -0.2) is 4.39 Å². The number of fused-ring (bicyclic) bond motifs is 5. The fourth-order valence-electron chi connectivity index (χ4n) is 5.43. The number of nitrogens with zero attached hydrogens (tertiary/aromatic N) is 4. The molecule has 6 rings (SSSR count). The van der Waals surface area contributed by atoms with Gasteiger partial charge in [0, 0.05) is 36.9 Å². The van der Waals surface area contributed by atoms with Gasteiger partial charge in [-0.2, -0.15) is 0 Å². The molecule has 1 unspecified atom stereocenters. The second-order valence-electron chi connectivity index (χ2n) is 8.90. The van der Waals surface area contributed by atoms with Gasteiger partial charge in [0.25, 0.3) is 5.56 Å². The summed E-state index contributed by atoms with van der Waals surface area (Å²) in [6.45, 7) is 2.49. The number of rotatable bonds is 4. The Morgan fingerprint density at radius 3 is 2.74 bits per heavy atom. The predicted octanol–water partition coefficient (Wildman–Crippen LogP) is 4.98. The third-order valence-corrected chi connectivity index (χ3v) is 7.01. The first-order valence-corrected chi connectivity index (χ1v) is 11.4. The van der Waals surface area contributed by atoms with Crippen molar-refractivity contribution < 1.29 is 9.13 Å². The third kappa shape index (κ3) is 4.44. The van der Waals surface area contributed by atoms with Gasteiger partial charge < -0.3 is 9.30 Å². The average Bonchev–Trinajstić information content (AvgIpc) is 3.41. The van der Waals surface area contributed by atoms with E-state index in [9.17, 15) is 9.18 Å². The molecule has 0 N–H and O–H groups in total. The molecule has 2 aliphatic rings. The first-order valence-electron chi connectivity index (χ1n) is 11.4. The Morgan fingerprint density at radius 2 is 1.97 bits per heavy atom. The van der Waals surface area contributed by atoms with Crippen LogP contribution in [-0.4, -0.2) is 32.1 Å². The van der Waals surface area contributed by atoms with Crippen LogP contribution >= 0.6 is 24.8 Å². The van der Waals surface area contributed by atoms with Crippen molar-refractivity contribution in [3.8, 4) is 11.4 Å². The Labute approximate surface area is 215 Å². The minimum atomic E-state index is -0.391. The Balaban J connectivity index is 0.00000144. The lowest BCUT2D eigenvalue weighted by molar-refractivity contribution is 0.236. The smallest absolute Gasteiger partial charge is 0.258 e. The SMILES string of the molecule is Cl.Cl.Cn1c2c(c3ccc(-n4ccc(OCc5ccc(F)cn5)cc4=O)cc31)CCN1CCCC21. The third-order valence-electron chi connectivity index (χ3n) is 7.01. The van der Waals surface area contributed by atoms with E-state index in [4.69, 9.17) is 4.74 Å². The van der Waals surface area contributed by atoms with E-state index in [-0.39, 0.29) is 37.0 Å². The first-order chi connectivity index (χ1) is 16.1. The van der Waals surface area contributed by atoms with Crippen LogP contribution in [0.25, 0.3) is 16.6 Å². The highest BCUT2D eigenvalue weighted by molar-refractivity contribution is 5.88. The summed E-state index contributed by atoms with van der Waals surface area (Å²) in [5.41, 5.74) is 5.34. The molecule has 5 heterocycles. The molecule has 0 saturated carbocycles. The van der Waals surface area contributed by atoms with Crippen molar-refractivity contribution in [3.63, 3.8) is 0 Å². The van der Waals surface area contributed by atoms with Gasteiger partial charge in [-0.1, -0.05) is 6.07 Å². The zero-order valence-corrected chi connectivity index (χ0v) is 20.9. The molecule has 0 radical (unpaired) electrons. The van der Waals surface area contributed by atoms with Crippen molar-refractivity contribution in [1.29, 1.82) is 0 Å². The van der Waals surface area contributed by atoms with Gasteiger partial charge in [0.15, 0.2) is 0 Å². The van der Waals surface area contributed by atoms with Crippen molar-refractivity contribution in [1.82, 2.24) is 19.0 Å². The Bertz CT molecular complexity index is 1420. The van der Waals surface area contributed by atoms with Crippen LogP contribution < -0.4 is 10.3 Å². The monoisotopic (exact) mass is 516 g/mol. The Kier molecular flexibility index (Phi) is 7.22. The summed E-state index contributed by atoms with van der Waals surface area (Å²) in [6.07, 6.45) is 6.45. The van der Waals surface area contributed by atoms with E-state index in [0.717, 1.165) is 24.8 Å². The molecular formula is C26H27Cl2FN4O2. The Hall–Kier alpha value is -2.87. The maximum atomic E-state index is 13.0. The normalized spacial score (nSPS) is 16.8. The summed E-state index contributed by atoms with van der Waals surface area (Å²) >= 11 is 0. The van der Waals surface area contributed by atoms with Crippen molar-refractivity contribution in [2.24, 2.45) is 7.05 Å². The van der Waals surface area contributed by atoms with Crippen molar-refractivity contribution in [2.75, 3.05) is 13.1 Å². The molecule has 1 atom stereocenters. The molecule has 6 nitrogen and oxygen atoms in total. The molecule has 0 amide bonds. The van der Waals surface area contributed by atoms with Gasteiger partial charge in [0.1, 0.15) is 18.2 Å². The largest absolute Gasteiger partial charge is 0.487 e. The quantitative estimate of drug-likeness (QED) is 0.383. The molecule has 1 saturated heterocycles. The van der Waals surface area contributed by atoms with Crippen molar-refractivity contribution in [3.05, 3.63) is 88.0 Å². The first kappa shape index (κ1) is 25.2. The highest BCUT2D eigenvalue weighted by atomic mass is 35.5. The minimum Gasteiger partial charge on any atom is -0.487 e. The molecule has 1 fully saturated rings. The molecule has 0 bridgehead atoms. The predicted molar refractivity (Wildman–Crippen MR) is 139 cm³/mol. The lowest BCUT2D eigenvalue weighted by Gasteiger charge is -2.30. The zero-order valence-electron chi connectivity index (χ0n) is 19.3. The van der Waals surface area contributed by atoms with Gasteiger partial charge in [-0.3, -0.25) is 19.2 Å². The molecule has 2 aliphatic heterocycles. The molecule has 184 valence electrons. The van der Waals surface area contributed by atoms with Crippen LogP contribution in [-0.2, 0) is 20.1 Å². The number of hydrogen-bond donors (Lipinski definition) is 0. The highest BCUT2D eigenvalue weighted by Gasteiger charge is 2.34. The summed E-state index contributed by atoms with van der Waals surface area (Å²) in [7, 11) is 2.15. The van der Waals surface area contributed by atoms with E-state index in [0.29, 0.717) is 17.5 Å². The molecule has 9 heteroatoms. The number of pyridine rings is 2. The van der Waals surface area contributed by atoms with E-state index in [1.165, 1.54) is 53.7 Å². The lowest BCUT2D eigenvalue weighted by Crippen LogP contribution is -2.31. The maximum absolute atomic E-state index is 13.0. The fourth-order valence-corrected chi connectivity index (χ4v) is 5.43. The fraction of sp³-hybridized carbons (Fsp3) is 0.308. The van der Waals surface area contributed by atoms with E-state index >= 15 is 0 Å². The number of hydrogen-bond acceptors (Lipinski definition) is 4. The molecule has 0 aliphatic carbocycles. The number of aryl methyl sites for hydroxylation is 1. The average molecular weight is 517 g/mol.